The van der Waals surface area contributed by atoms with E-state index < -0.39 is 0 Å². The highest BCUT2D eigenvalue weighted by Crippen LogP contribution is 2.17. The molecule has 2 rings (SSSR count). The van der Waals surface area contributed by atoms with Crippen LogP contribution in [0.3, 0.4) is 0 Å². The summed E-state index contributed by atoms with van der Waals surface area (Å²) in [5, 5.41) is 3.06. The lowest BCUT2D eigenvalue weighted by Crippen LogP contribution is -2.52. The summed E-state index contributed by atoms with van der Waals surface area (Å²) in [7, 11) is 0. The number of nitrogens with zero attached hydrogens (tertiary/aromatic N) is 2. The summed E-state index contributed by atoms with van der Waals surface area (Å²) in [5.41, 5.74) is 2.12. The van der Waals surface area contributed by atoms with Crippen LogP contribution in [0.4, 0.5) is 10.5 Å². The summed E-state index contributed by atoms with van der Waals surface area (Å²) in [5.74, 6) is 0. The van der Waals surface area contributed by atoms with Gasteiger partial charge in [-0.05, 0) is 31.4 Å². The number of piperazine rings is 1. The third kappa shape index (κ3) is 3.97. The van der Waals surface area contributed by atoms with E-state index in [9.17, 15) is 4.79 Å². The molecular weight excluding hydrogens is 262 g/mol. The molecule has 1 aromatic carbocycles. The number of carbonyl (C=O) groups excluding carboxylic acids is 1. The molecule has 116 valence electrons. The Balaban J connectivity index is 1.90. The van der Waals surface area contributed by atoms with Crippen LogP contribution >= 0.6 is 0 Å². The van der Waals surface area contributed by atoms with Crippen LogP contribution in [0, 0.1) is 0 Å². The summed E-state index contributed by atoms with van der Waals surface area (Å²) in [6.07, 6.45) is 2.09. The lowest BCUT2D eigenvalue weighted by Gasteiger charge is -2.37. The minimum atomic E-state index is 0.0275. The van der Waals surface area contributed by atoms with Crippen LogP contribution in [0.15, 0.2) is 24.3 Å². The highest BCUT2D eigenvalue weighted by molar-refractivity contribution is 5.90. The second kappa shape index (κ2) is 7.46. The smallest absolute Gasteiger partial charge is 0.321 e. The van der Waals surface area contributed by atoms with Crippen molar-refractivity contribution < 1.29 is 4.79 Å². The Kier molecular flexibility index (Phi) is 5.62. The summed E-state index contributed by atoms with van der Waals surface area (Å²) in [6.45, 7) is 10.1. The van der Waals surface area contributed by atoms with E-state index in [1.165, 1.54) is 5.56 Å². The van der Waals surface area contributed by atoms with Gasteiger partial charge in [-0.2, -0.15) is 0 Å². The number of urea groups is 1. The number of benzene rings is 1. The van der Waals surface area contributed by atoms with E-state index >= 15 is 0 Å². The topological polar surface area (TPSA) is 35.6 Å². The zero-order valence-electron chi connectivity index (χ0n) is 13.4. The number of amides is 2. The Morgan fingerprint density at radius 2 is 1.86 bits per heavy atom. The fourth-order valence-corrected chi connectivity index (χ4v) is 2.77. The first-order valence-corrected chi connectivity index (χ1v) is 8.03. The zero-order valence-corrected chi connectivity index (χ0v) is 13.4. The number of para-hydroxylation sites is 1. The summed E-state index contributed by atoms with van der Waals surface area (Å²) in [6, 6.07) is 8.66. The average molecular weight is 289 g/mol. The van der Waals surface area contributed by atoms with E-state index in [2.05, 4.69) is 37.1 Å². The van der Waals surface area contributed by atoms with Crippen molar-refractivity contribution in [1.29, 1.82) is 0 Å². The molecule has 2 amide bonds. The van der Waals surface area contributed by atoms with Gasteiger partial charge in [0.05, 0.1) is 0 Å². The van der Waals surface area contributed by atoms with Crippen molar-refractivity contribution in [2.24, 2.45) is 0 Å². The van der Waals surface area contributed by atoms with E-state index in [0.717, 1.165) is 44.7 Å². The minimum absolute atomic E-state index is 0.0275. The zero-order chi connectivity index (χ0) is 15.2. The van der Waals surface area contributed by atoms with Crippen molar-refractivity contribution in [3.63, 3.8) is 0 Å². The number of aryl methyl sites for hydroxylation is 1. The standard InChI is InChI=1S/C17H27N3O/c1-4-14(3)19-10-12-20(13-11-19)17(21)18-16-9-7-6-8-15(16)5-2/h6-9,14H,4-5,10-13H2,1-3H3,(H,18,21). The highest BCUT2D eigenvalue weighted by Gasteiger charge is 2.23. The van der Waals surface area contributed by atoms with Crippen molar-refractivity contribution in [2.45, 2.75) is 39.7 Å². The maximum atomic E-state index is 12.4. The lowest BCUT2D eigenvalue weighted by molar-refractivity contribution is 0.117. The second-order valence-electron chi connectivity index (χ2n) is 5.72. The van der Waals surface area contributed by atoms with Crippen molar-refractivity contribution in [3.8, 4) is 0 Å². The molecule has 1 unspecified atom stereocenters. The molecule has 4 heteroatoms. The quantitative estimate of drug-likeness (QED) is 0.924. The number of rotatable bonds is 4. The number of nitrogens with one attached hydrogen (secondary N) is 1. The van der Waals surface area contributed by atoms with Gasteiger partial charge in [-0.3, -0.25) is 4.90 Å². The molecule has 1 saturated heterocycles. The fourth-order valence-electron chi connectivity index (χ4n) is 2.77. The maximum Gasteiger partial charge on any atom is 0.321 e. The molecule has 1 aliphatic rings. The maximum absolute atomic E-state index is 12.4. The van der Waals surface area contributed by atoms with E-state index in [0.29, 0.717) is 6.04 Å². The molecule has 0 radical (unpaired) electrons. The molecule has 0 bridgehead atoms. The average Bonchev–Trinajstić information content (AvgIpc) is 2.54. The Morgan fingerprint density at radius 3 is 2.48 bits per heavy atom. The van der Waals surface area contributed by atoms with E-state index in [1.807, 2.05) is 23.1 Å². The SMILES string of the molecule is CCc1ccccc1NC(=O)N1CCN(C(C)CC)CC1. The molecule has 0 saturated carbocycles. The van der Waals surface area contributed by atoms with Crippen LogP contribution in [0.25, 0.3) is 0 Å². The van der Waals surface area contributed by atoms with Crippen LogP contribution < -0.4 is 5.32 Å². The number of anilines is 1. The summed E-state index contributed by atoms with van der Waals surface area (Å²) >= 11 is 0. The molecular formula is C17H27N3O. The Morgan fingerprint density at radius 1 is 1.19 bits per heavy atom. The highest BCUT2D eigenvalue weighted by atomic mass is 16.2. The normalized spacial score (nSPS) is 17.6. The van der Waals surface area contributed by atoms with Gasteiger partial charge >= 0.3 is 6.03 Å². The number of hydrogen-bond donors (Lipinski definition) is 1. The van der Waals surface area contributed by atoms with Gasteiger partial charge in [0.1, 0.15) is 0 Å². The Bertz CT molecular complexity index is 467. The van der Waals surface area contributed by atoms with Crippen LogP contribution in [-0.2, 0) is 6.42 Å². The van der Waals surface area contributed by atoms with E-state index in [-0.39, 0.29) is 6.03 Å². The summed E-state index contributed by atoms with van der Waals surface area (Å²) < 4.78 is 0. The fraction of sp³-hybridized carbons (Fsp3) is 0.588. The Hall–Kier alpha value is -1.55. The monoisotopic (exact) mass is 289 g/mol. The van der Waals surface area contributed by atoms with E-state index in [1.54, 1.807) is 0 Å². The molecule has 1 aromatic rings. The predicted octanol–water partition coefficient (Wildman–Crippen LogP) is 3.20. The molecule has 4 nitrogen and oxygen atoms in total. The van der Waals surface area contributed by atoms with Crippen molar-refractivity contribution >= 4 is 11.7 Å². The van der Waals surface area contributed by atoms with Gasteiger partial charge in [-0.1, -0.05) is 32.0 Å². The van der Waals surface area contributed by atoms with Crippen LogP contribution in [0.2, 0.25) is 0 Å². The minimum Gasteiger partial charge on any atom is -0.322 e. The third-order valence-corrected chi connectivity index (χ3v) is 4.46. The second-order valence-corrected chi connectivity index (χ2v) is 5.72. The predicted molar refractivity (Wildman–Crippen MR) is 87.7 cm³/mol. The van der Waals surface area contributed by atoms with Gasteiger partial charge in [0, 0.05) is 37.9 Å². The van der Waals surface area contributed by atoms with Crippen molar-refractivity contribution in [1.82, 2.24) is 9.80 Å². The molecule has 1 heterocycles. The molecule has 21 heavy (non-hydrogen) atoms. The van der Waals surface area contributed by atoms with E-state index in [4.69, 9.17) is 0 Å². The van der Waals surface area contributed by atoms with Gasteiger partial charge in [0.15, 0.2) is 0 Å². The first kappa shape index (κ1) is 15.8. The van der Waals surface area contributed by atoms with Crippen molar-refractivity contribution in [2.75, 3.05) is 31.5 Å². The van der Waals surface area contributed by atoms with Gasteiger partial charge in [0.25, 0.3) is 0 Å². The lowest BCUT2D eigenvalue weighted by atomic mass is 10.1. The van der Waals surface area contributed by atoms with Gasteiger partial charge in [0.2, 0.25) is 0 Å². The molecule has 0 aliphatic carbocycles. The van der Waals surface area contributed by atoms with Gasteiger partial charge < -0.3 is 10.2 Å². The number of carbonyl (C=O) groups is 1. The third-order valence-electron chi connectivity index (χ3n) is 4.46. The van der Waals surface area contributed by atoms with Crippen LogP contribution in [0.1, 0.15) is 32.8 Å². The molecule has 0 aromatic heterocycles. The molecule has 1 atom stereocenters. The molecule has 0 spiro atoms. The molecule has 1 fully saturated rings. The number of hydrogen-bond acceptors (Lipinski definition) is 2. The molecule has 1 N–H and O–H groups in total. The first-order chi connectivity index (χ1) is 10.2. The van der Waals surface area contributed by atoms with Gasteiger partial charge in [-0.15, -0.1) is 0 Å². The molecule has 1 aliphatic heterocycles. The summed E-state index contributed by atoms with van der Waals surface area (Å²) in [4.78, 5) is 16.8. The van der Waals surface area contributed by atoms with Crippen LogP contribution in [-0.4, -0.2) is 48.1 Å². The largest absolute Gasteiger partial charge is 0.322 e. The van der Waals surface area contributed by atoms with Gasteiger partial charge in [-0.25, -0.2) is 4.79 Å². The van der Waals surface area contributed by atoms with Crippen LogP contribution in [0.5, 0.6) is 0 Å². The Labute approximate surface area is 128 Å². The van der Waals surface area contributed by atoms with Crippen molar-refractivity contribution in [3.05, 3.63) is 29.8 Å². The first-order valence-electron chi connectivity index (χ1n) is 8.03.